The molecule has 0 unspecified atom stereocenters. The molecule has 5 nitrogen and oxygen atoms in total. The number of hydrazine groups is 1. The third-order valence-electron chi connectivity index (χ3n) is 3.91. The maximum Gasteiger partial charge on any atom is 0.253 e. The fraction of sp³-hybridized carbons (Fsp3) is 0.571. The number of rotatable bonds is 3. The Hall–Kier alpha value is -1.33. The number of amides is 1. The van der Waals surface area contributed by atoms with E-state index in [0.29, 0.717) is 21.8 Å². The molecule has 1 aromatic heterocycles. The molecule has 1 aromatic rings. The highest BCUT2D eigenvalue weighted by Crippen LogP contribution is 2.35. The molecule has 0 aromatic carbocycles. The predicted octanol–water partition coefficient (Wildman–Crippen LogP) is 2.72. The van der Waals surface area contributed by atoms with Crippen LogP contribution >= 0.6 is 11.6 Å². The van der Waals surface area contributed by atoms with Crippen LogP contribution in [0.1, 0.15) is 49.9 Å². The summed E-state index contributed by atoms with van der Waals surface area (Å²) in [6.07, 6.45) is 5.77. The number of anilines is 1. The predicted molar refractivity (Wildman–Crippen MR) is 80.6 cm³/mol. The first-order valence-corrected chi connectivity index (χ1v) is 7.22. The van der Waals surface area contributed by atoms with Gasteiger partial charge in [0, 0.05) is 12.2 Å². The molecule has 1 aliphatic rings. The van der Waals surface area contributed by atoms with E-state index < -0.39 is 0 Å². The van der Waals surface area contributed by atoms with Gasteiger partial charge in [-0.25, -0.2) is 10.8 Å². The molecule has 6 heteroatoms. The minimum atomic E-state index is -0.132. The second-order valence-corrected chi connectivity index (χ2v) is 6.52. The lowest BCUT2D eigenvalue weighted by Crippen LogP contribution is -2.39. The number of halogens is 1. The van der Waals surface area contributed by atoms with Crippen LogP contribution in [0.3, 0.4) is 0 Å². The lowest BCUT2D eigenvalue weighted by molar-refractivity contribution is 0.0908. The smallest absolute Gasteiger partial charge is 0.253 e. The Kier molecular flexibility index (Phi) is 4.50. The SMILES string of the molecule is CC1(C)CCC(NC(=O)c2cnc(NN)c(Cl)c2)CC1. The Labute approximate surface area is 124 Å². The van der Waals surface area contributed by atoms with E-state index in [0.717, 1.165) is 25.7 Å². The van der Waals surface area contributed by atoms with Crippen LogP contribution in [0, 0.1) is 5.41 Å². The quantitative estimate of drug-likeness (QED) is 0.592. The summed E-state index contributed by atoms with van der Waals surface area (Å²) in [5.41, 5.74) is 3.22. The third-order valence-corrected chi connectivity index (χ3v) is 4.20. The van der Waals surface area contributed by atoms with Gasteiger partial charge in [-0.15, -0.1) is 0 Å². The zero-order chi connectivity index (χ0) is 14.8. The van der Waals surface area contributed by atoms with Crippen molar-refractivity contribution in [3.8, 4) is 0 Å². The summed E-state index contributed by atoms with van der Waals surface area (Å²) >= 11 is 5.97. The van der Waals surface area contributed by atoms with Crippen molar-refractivity contribution in [2.45, 2.75) is 45.6 Å². The van der Waals surface area contributed by atoms with Crippen molar-refractivity contribution in [1.29, 1.82) is 0 Å². The number of nitrogens with one attached hydrogen (secondary N) is 2. The number of aromatic nitrogens is 1. The normalized spacial score (nSPS) is 18.6. The molecule has 0 aliphatic heterocycles. The Morgan fingerprint density at radius 3 is 2.65 bits per heavy atom. The number of hydrogen-bond donors (Lipinski definition) is 3. The van der Waals surface area contributed by atoms with Crippen molar-refractivity contribution in [2.24, 2.45) is 11.3 Å². The molecule has 1 heterocycles. The van der Waals surface area contributed by atoms with Gasteiger partial charge in [0.15, 0.2) is 5.82 Å². The Morgan fingerprint density at radius 1 is 1.45 bits per heavy atom. The molecule has 2 rings (SSSR count). The number of hydrogen-bond acceptors (Lipinski definition) is 4. The van der Waals surface area contributed by atoms with Crippen LogP contribution in [0.15, 0.2) is 12.3 Å². The van der Waals surface area contributed by atoms with Crippen molar-refractivity contribution in [2.75, 3.05) is 5.43 Å². The third kappa shape index (κ3) is 3.61. The molecule has 1 saturated carbocycles. The van der Waals surface area contributed by atoms with E-state index in [9.17, 15) is 4.79 Å². The zero-order valence-corrected chi connectivity index (χ0v) is 12.6. The van der Waals surface area contributed by atoms with Gasteiger partial charge in [-0.3, -0.25) is 4.79 Å². The number of nitrogens with two attached hydrogens (primary N) is 1. The Balaban J connectivity index is 1.97. The monoisotopic (exact) mass is 296 g/mol. The van der Waals surface area contributed by atoms with Gasteiger partial charge in [-0.1, -0.05) is 25.4 Å². The highest BCUT2D eigenvalue weighted by Gasteiger charge is 2.27. The molecule has 1 amide bonds. The number of carbonyl (C=O) groups is 1. The molecular weight excluding hydrogens is 276 g/mol. The minimum Gasteiger partial charge on any atom is -0.349 e. The molecule has 1 fully saturated rings. The van der Waals surface area contributed by atoms with Crippen LogP contribution in [-0.2, 0) is 0 Å². The first-order chi connectivity index (χ1) is 9.41. The topological polar surface area (TPSA) is 80.0 Å². The largest absolute Gasteiger partial charge is 0.349 e. The molecule has 4 N–H and O–H groups in total. The van der Waals surface area contributed by atoms with Gasteiger partial charge in [-0.05, 0) is 37.2 Å². The van der Waals surface area contributed by atoms with Gasteiger partial charge in [0.05, 0.1) is 10.6 Å². The van der Waals surface area contributed by atoms with Crippen molar-refractivity contribution >= 4 is 23.3 Å². The highest BCUT2D eigenvalue weighted by atomic mass is 35.5. The fourth-order valence-corrected chi connectivity index (χ4v) is 2.70. The second-order valence-electron chi connectivity index (χ2n) is 6.11. The van der Waals surface area contributed by atoms with E-state index >= 15 is 0 Å². The molecule has 20 heavy (non-hydrogen) atoms. The van der Waals surface area contributed by atoms with Crippen LogP contribution in [0.2, 0.25) is 5.02 Å². The molecule has 0 atom stereocenters. The lowest BCUT2D eigenvalue weighted by Gasteiger charge is -2.34. The van der Waals surface area contributed by atoms with Gasteiger partial charge in [0.1, 0.15) is 0 Å². The lowest BCUT2D eigenvalue weighted by atomic mass is 9.75. The van der Waals surface area contributed by atoms with Crippen LogP contribution in [0.4, 0.5) is 5.82 Å². The van der Waals surface area contributed by atoms with Crippen LogP contribution in [-0.4, -0.2) is 16.9 Å². The minimum absolute atomic E-state index is 0.132. The van der Waals surface area contributed by atoms with E-state index in [4.69, 9.17) is 17.4 Å². The van der Waals surface area contributed by atoms with Gasteiger partial charge >= 0.3 is 0 Å². The van der Waals surface area contributed by atoms with Gasteiger partial charge in [-0.2, -0.15) is 0 Å². The molecule has 0 spiro atoms. The molecular formula is C14H21ClN4O. The summed E-state index contributed by atoms with van der Waals surface area (Å²) in [4.78, 5) is 16.2. The Morgan fingerprint density at radius 2 is 2.10 bits per heavy atom. The first-order valence-electron chi connectivity index (χ1n) is 6.84. The highest BCUT2D eigenvalue weighted by molar-refractivity contribution is 6.33. The van der Waals surface area contributed by atoms with Gasteiger partial charge in [0.25, 0.3) is 5.91 Å². The molecule has 0 bridgehead atoms. The Bertz CT molecular complexity index is 494. The van der Waals surface area contributed by atoms with E-state index in [2.05, 4.69) is 29.6 Å². The summed E-state index contributed by atoms with van der Waals surface area (Å²) in [5, 5.41) is 3.39. The van der Waals surface area contributed by atoms with Gasteiger partial charge < -0.3 is 10.7 Å². The van der Waals surface area contributed by atoms with Crippen LogP contribution in [0.5, 0.6) is 0 Å². The number of carbonyl (C=O) groups excluding carboxylic acids is 1. The molecule has 1 aliphatic carbocycles. The van der Waals surface area contributed by atoms with Crippen molar-refractivity contribution in [1.82, 2.24) is 10.3 Å². The number of nitrogen functional groups attached to an aromatic ring is 1. The zero-order valence-electron chi connectivity index (χ0n) is 11.9. The summed E-state index contributed by atoms with van der Waals surface area (Å²) < 4.78 is 0. The molecule has 0 saturated heterocycles. The molecule has 110 valence electrons. The van der Waals surface area contributed by atoms with E-state index in [1.165, 1.54) is 6.20 Å². The van der Waals surface area contributed by atoms with Crippen LogP contribution in [0.25, 0.3) is 0 Å². The summed E-state index contributed by atoms with van der Waals surface area (Å²) in [5.74, 6) is 5.49. The van der Waals surface area contributed by atoms with Gasteiger partial charge in [0.2, 0.25) is 0 Å². The summed E-state index contributed by atoms with van der Waals surface area (Å²) in [6, 6.07) is 1.81. The number of nitrogens with zero attached hydrogens (tertiary/aromatic N) is 1. The van der Waals surface area contributed by atoms with Crippen molar-refractivity contribution < 1.29 is 4.79 Å². The van der Waals surface area contributed by atoms with E-state index in [1.807, 2.05) is 0 Å². The second kappa shape index (κ2) is 5.97. The summed E-state index contributed by atoms with van der Waals surface area (Å²) in [6.45, 7) is 4.54. The van der Waals surface area contributed by atoms with Crippen molar-refractivity contribution in [3.05, 3.63) is 22.8 Å². The van der Waals surface area contributed by atoms with Crippen LogP contribution < -0.4 is 16.6 Å². The van der Waals surface area contributed by atoms with Crippen molar-refractivity contribution in [3.63, 3.8) is 0 Å². The molecule has 0 radical (unpaired) electrons. The number of pyridine rings is 1. The summed E-state index contributed by atoms with van der Waals surface area (Å²) in [7, 11) is 0. The maximum absolute atomic E-state index is 12.2. The van der Waals surface area contributed by atoms with E-state index in [-0.39, 0.29) is 11.9 Å². The average Bonchev–Trinajstić information content (AvgIpc) is 2.41. The fourth-order valence-electron chi connectivity index (χ4n) is 2.48. The van der Waals surface area contributed by atoms with E-state index in [1.54, 1.807) is 6.07 Å². The first kappa shape index (κ1) is 15.1. The maximum atomic E-state index is 12.2. The standard InChI is InChI=1S/C14H21ClN4O/c1-14(2)5-3-10(4-6-14)18-13(20)9-7-11(15)12(19-16)17-8-9/h7-8,10H,3-6,16H2,1-2H3,(H,17,19)(H,18,20). The average molecular weight is 297 g/mol.